The van der Waals surface area contributed by atoms with Crippen molar-refractivity contribution in [3.8, 4) is 0 Å². The van der Waals surface area contributed by atoms with Crippen molar-refractivity contribution in [1.29, 1.82) is 0 Å². The van der Waals surface area contributed by atoms with Crippen LogP contribution in [0, 0.1) is 0 Å². The molecular formula is C19H36N6O. The van der Waals surface area contributed by atoms with Gasteiger partial charge in [0.15, 0.2) is 0 Å². The third-order valence-electron chi connectivity index (χ3n) is 5.87. The van der Waals surface area contributed by atoms with E-state index in [1.54, 1.807) is 0 Å². The third kappa shape index (κ3) is 5.25. The number of hydrogen-bond acceptors (Lipinski definition) is 6. The summed E-state index contributed by atoms with van der Waals surface area (Å²) in [6, 6.07) is 0. The number of hydrogen-bond donors (Lipinski definition) is 1. The maximum Gasteiger partial charge on any atom is 0.146 e. The molecule has 1 atom stereocenters. The Morgan fingerprint density at radius 2 is 1.85 bits per heavy atom. The van der Waals surface area contributed by atoms with Crippen LogP contribution in [0.3, 0.4) is 0 Å². The van der Waals surface area contributed by atoms with Crippen molar-refractivity contribution in [1.82, 2.24) is 29.5 Å². The first-order valence-electron chi connectivity index (χ1n) is 10.2. The SMILES string of the molecule is CN(C)CCCN1CCC[C@@H](c2nnc(CN3CCC(O)CC3)n2C)C1. The molecule has 2 saturated heterocycles. The number of rotatable bonds is 7. The lowest BCUT2D eigenvalue weighted by molar-refractivity contribution is 0.0775. The van der Waals surface area contributed by atoms with Gasteiger partial charge in [0.05, 0.1) is 12.6 Å². The Hall–Kier alpha value is -1.02. The number of aliphatic hydroxyl groups excluding tert-OH is 1. The number of nitrogens with zero attached hydrogens (tertiary/aromatic N) is 6. The fourth-order valence-corrected chi connectivity index (χ4v) is 4.23. The van der Waals surface area contributed by atoms with Crippen LogP contribution in [0.4, 0.5) is 0 Å². The molecule has 0 saturated carbocycles. The van der Waals surface area contributed by atoms with Gasteiger partial charge in [0, 0.05) is 32.6 Å². The molecule has 1 aromatic rings. The summed E-state index contributed by atoms with van der Waals surface area (Å²) in [4.78, 5) is 7.24. The highest BCUT2D eigenvalue weighted by Crippen LogP contribution is 2.26. The average molecular weight is 365 g/mol. The first-order valence-corrected chi connectivity index (χ1v) is 10.2. The summed E-state index contributed by atoms with van der Waals surface area (Å²) < 4.78 is 2.22. The summed E-state index contributed by atoms with van der Waals surface area (Å²) >= 11 is 0. The molecule has 0 unspecified atom stereocenters. The molecule has 1 N–H and O–H groups in total. The van der Waals surface area contributed by atoms with Crippen LogP contribution in [0.1, 0.15) is 49.7 Å². The number of likely N-dealkylation sites (tertiary alicyclic amines) is 2. The van der Waals surface area contributed by atoms with Gasteiger partial charge in [-0.05, 0) is 65.8 Å². The molecule has 7 heteroatoms. The molecule has 2 fully saturated rings. The van der Waals surface area contributed by atoms with Crippen molar-refractivity contribution in [3.05, 3.63) is 11.6 Å². The molecule has 0 aromatic carbocycles. The molecule has 2 aliphatic heterocycles. The standard InChI is InChI=1S/C19H36N6O/c1-22(2)9-5-11-24-10-4-6-16(14-24)19-21-20-18(23(19)3)15-25-12-7-17(26)8-13-25/h16-17,26H,4-15H2,1-3H3/t16-/m1/s1. The molecular weight excluding hydrogens is 328 g/mol. The van der Waals surface area contributed by atoms with Gasteiger partial charge in [-0.25, -0.2) is 0 Å². The van der Waals surface area contributed by atoms with E-state index < -0.39 is 0 Å². The summed E-state index contributed by atoms with van der Waals surface area (Å²) in [6.07, 6.45) is 5.31. The quantitative estimate of drug-likeness (QED) is 0.776. The van der Waals surface area contributed by atoms with Crippen molar-refractivity contribution in [2.75, 3.05) is 53.4 Å². The van der Waals surface area contributed by atoms with E-state index in [2.05, 4.69) is 50.6 Å². The van der Waals surface area contributed by atoms with Gasteiger partial charge in [0.25, 0.3) is 0 Å². The van der Waals surface area contributed by atoms with Crippen molar-refractivity contribution < 1.29 is 5.11 Å². The minimum atomic E-state index is -0.123. The highest BCUT2D eigenvalue weighted by Gasteiger charge is 2.26. The molecule has 0 amide bonds. The van der Waals surface area contributed by atoms with E-state index in [4.69, 9.17) is 0 Å². The first kappa shape index (κ1) is 19.7. The lowest BCUT2D eigenvalue weighted by atomic mass is 9.97. The Kier molecular flexibility index (Phi) is 7.03. The van der Waals surface area contributed by atoms with Crippen LogP contribution in [0.2, 0.25) is 0 Å². The topological polar surface area (TPSA) is 60.7 Å². The Bertz CT molecular complexity index is 552. The lowest BCUT2D eigenvalue weighted by Gasteiger charge is -2.32. The lowest BCUT2D eigenvalue weighted by Crippen LogP contribution is -2.37. The van der Waals surface area contributed by atoms with Gasteiger partial charge in [0.2, 0.25) is 0 Å². The van der Waals surface area contributed by atoms with Crippen LogP contribution >= 0.6 is 0 Å². The highest BCUT2D eigenvalue weighted by molar-refractivity contribution is 5.04. The minimum absolute atomic E-state index is 0.123. The van der Waals surface area contributed by atoms with E-state index in [1.807, 2.05) is 0 Å². The molecule has 1 aromatic heterocycles. The normalized spacial score (nSPS) is 23.8. The predicted molar refractivity (Wildman–Crippen MR) is 103 cm³/mol. The molecule has 26 heavy (non-hydrogen) atoms. The Morgan fingerprint density at radius 3 is 2.58 bits per heavy atom. The molecule has 0 aliphatic carbocycles. The van der Waals surface area contributed by atoms with Crippen LogP contribution < -0.4 is 0 Å². The molecule has 148 valence electrons. The smallest absolute Gasteiger partial charge is 0.146 e. The second kappa shape index (κ2) is 9.26. The maximum atomic E-state index is 9.67. The summed E-state index contributed by atoms with van der Waals surface area (Å²) in [5.41, 5.74) is 0. The molecule has 3 heterocycles. The Balaban J connectivity index is 1.54. The Morgan fingerprint density at radius 1 is 1.08 bits per heavy atom. The van der Waals surface area contributed by atoms with Crippen LogP contribution in [0.15, 0.2) is 0 Å². The van der Waals surface area contributed by atoms with Crippen LogP contribution in [0.25, 0.3) is 0 Å². The van der Waals surface area contributed by atoms with Crippen molar-refractivity contribution in [2.45, 2.75) is 50.7 Å². The van der Waals surface area contributed by atoms with Gasteiger partial charge in [-0.15, -0.1) is 10.2 Å². The monoisotopic (exact) mass is 364 g/mol. The zero-order valence-electron chi connectivity index (χ0n) is 16.8. The van der Waals surface area contributed by atoms with E-state index in [9.17, 15) is 5.11 Å². The van der Waals surface area contributed by atoms with E-state index in [-0.39, 0.29) is 6.10 Å². The first-order chi connectivity index (χ1) is 12.5. The molecule has 7 nitrogen and oxygen atoms in total. The zero-order chi connectivity index (χ0) is 18.5. The predicted octanol–water partition coefficient (Wildman–Crippen LogP) is 0.903. The second-order valence-electron chi connectivity index (χ2n) is 8.34. The van der Waals surface area contributed by atoms with Crippen molar-refractivity contribution in [2.24, 2.45) is 7.05 Å². The second-order valence-corrected chi connectivity index (χ2v) is 8.34. The molecule has 0 radical (unpaired) electrons. The molecule has 0 bridgehead atoms. The van der Waals surface area contributed by atoms with Gasteiger partial charge in [-0.1, -0.05) is 0 Å². The van der Waals surface area contributed by atoms with Crippen molar-refractivity contribution >= 4 is 0 Å². The van der Waals surface area contributed by atoms with Crippen LogP contribution in [-0.2, 0) is 13.6 Å². The van der Waals surface area contributed by atoms with Gasteiger partial charge in [-0.2, -0.15) is 0 Å². The number of aliphatic hydroxyl groups is 1. The zero-order valence-corrected chi connectivity index (χ0v) is 16.8. The average Bonchev–Trinajstić information content (AvgIpc) is 2.97. The minimum Gasteiger partial charge on any atom is -0.393 e. The third-order valence-corrected chi connectivity index (χ3v) is 5.87. The largest absolute Gasteiger partial charge is 0.393 e. The van der Waals surface area contributed by atoms with E-state index in [1.165, 1.54) is 32.4 Å². The summed E-state index contributed by atoms with van der Waals surface area (Å²) in [5, 5.41) is 18.7. The Labute approximate surface area is 158 Å². The fourth-order valence-electron chi connectivity index (χ4n) is 4.23. The highest BCUT2D eigenvalue weighted by atomic mass is 16.3. The van der Waals surface area contributed by atoms with Crippen LogP contribution in [0.5, 0.6) is 0 Å². The van der Waals surface area contributed by atoms with E-state index in [0.717, 1.165) is 57.2 Å². The summed E-state index contributed by atoms with van der Waals surface area (Å²) in [6.45, 7) is 7.39. The van der Waals surface area contributed by atoms with Gasteiger partial charge in [0.1, 0.15) is 11.6 Å². The number of piperidine rings is 2. The van der Waals surface area contributed by atoms with Gasteiger partial charge < -0.3 is 19.5 Å². The maximum absolute atomic E-state index is 9.67. The number of aromatic nitrogens is 3. The van der Waals surface area contributed by atoms with Gasteiger partial charge >= 0.3 is 0 Å². The molecule has 0 spiro atoms. The van der Waals surface area contributed by atoms with Gasteiger partial charge in [-0.3, -0.25) is 4.90 Å². The fraction of sp³-hybridized carbons (Fsp3) is 0.895. The molecule has 3 rings (SSSR count). The van der Waals surface area contributed by atoms with E-state index >= 15 is 0 Å². The summed E-state index contributed by atoms with van der Waals surface area (Å²) in [7, 11) is 6.40. The van der Waals surface area contributed by atoms with Crippen molar-refractivity contribution in [3.63, 3.8) is 0 Å². The van der Waals surface area contributed by atoms with E-state index in [0.29, 0.717) is 5.92 Å². The van der Waals surface area contributed by atoms with Crippen LogP contribution in [-0.4, -0.2) is 94.0 Å². The summed E-state index contributed by atoms with van der Waals surface area (Å²) in [5.74, 6) is 2.70. The molecule has 2 aliphatic rings.